The number of amides is 3. The summed E-state index contributed by atoms with van der Waals surface area (Å²) in [6.45, 7) is 6.68. The summed E-state index contributed by atoms with van der Waals surface area (Å²) in [6.07, 6.45) is 1.09. The summed E-state index contributed by atoms with van der Waals surface area (Å²) >= 11 is 5.96. The van der Waals surface area contributed by atoms with Gasteiger partial charge in [-0.25, -0.2) is 9.59 Å². The zero-order valence-electron chi connectivity index (χ0n) is 14.1. The second-order valence-electron chi connectivity index (χ2n) is 7.10. The SMILES string of the molecule is CC(C)(C)OC(=O)N1CCC(N2C(=O)[N]c3cc(Cl)ccc32)CC1. The highest BCUT2D eigenvalue weighted by atomic mass is 35.5. The summed E-state index contributed by atoms with van der Waals surface area (Å²) < 4.78 is 5.40. The molecule has 6 nitrogen and oxygen atoms in total. The van der Waals surface area contributed by atoms with Gasteiger partial charge < -0.3 is 9.64 Å². The molecule has 2 aliphatic rings. The van der Waals surface area contributed by atoms with Gasteiger partial charge in [0.15, 0.2) is 0 Å². The van der Waals surface area contributed by atoms with Crippen molar-refractivity contribution in [1.82, 2.24) is 10.2 Å². The Kier molecular flexibility index (Phi) is 4.34. The van der Waals surface area contributed by atoms with Gasteiger partial charge in [-0.15, -0.1) is 0 Å². The standard InChI is InChI=1S/C17H21ClN3O3/c1-17(2,3)24-16(23)20-8-6-12(7-9-20)21-14-5-4-11(18)10-13(14)19-15(21)22/h4-5,10,12H,6-9H2,1-3H3. The van der Waals surface area contributed by atoms with Crippen LogP contribution in [-0.2, 0) is 4.74 Å². The van der Waals surface area contributed by atoms with Gasteiger partial charge in [0, 0.05) is 24.2 Å². The maximum Gasteiger partial charge on any atom is 0.410 e. The highest BCUT2D eigenvalue weighted by Crippen LogP contribution is 2.38. The van der Waals surface area contributed by atoms with Gasteiger partial charge in [0.25, 0.3) is 0 Å². The van der Waals surface area contributed by atoms with E-state index in [4.69, 9.17) is 16.3 Å². The average Bonchev–Trinajstić information content (AvgIpc) is 2.80. The van der Waals surface area contributed by atoms with Gasteiger partial charge >= 0.3 is 12.1 Å². The fourth-order valence-corrected chi connectivity index (χ4v) is 3.20. The van der Waals surface area contributed by atoms with Crippen molar-refractivity contribution in [3.8, 4) is 0 Å². The van der Waals surface area contributed by atoms with Crippen LogP contribution in [0.1, 0.15) is 33.6 Å². The Morgan fingerprint density at radius 1 is 1.29 bits per heavy atom. The molecule has 0 aromatic heterocycles. The lowest BCUT2D eigenvalue weighted by Crippen LogP contribution is -2.49. The summed E-state index contributed by atoms with van der Waals surface area (Å²) in [4.78, 5) is 27.8. The van der Waals surface area contributed by atoms with Crippen LogP contribution in [0.25, 0.3) is 0 Å². The van der Waals surface area contributed by atoms with Gasteiger partial charge in [0.2, 0.25) is 0 Å². The van der Waals surface area contributed by atoms with E-state index in [2.05, 4.69) is 5.32 Å². The molecule has 2 aliphatic heterocycles. The number of piperidine rings is 1. The number of nitrogens with zero attached hydrogens (tertiary/aromatic N) is 3. The molecular weight excluding hydrogens is 330 g/mol. The lowest BCUT2D eigenvalue weighted by atomic mass is 10.0. The molecule has 2 heterocycles. The summed E-state index contributed by atoms with van der Waals surface area (Å²) in [5.74, 6) is 0. The van der Waals surface area contributed by atoms with Crippen molar-refractivity contribution in [2.45, 2.75) is 45.3 Å². The molecule has 1 aromatic carbocycles. The van der Waals surface area contributed by atoms with Crippen LogP contribution in [0.15, 0.2) is 18.2 Å². The van der Waals surface area contributed by atoms with Gasteiger partial charge in [-0.05, 0) is 51.8 Å². The molecule has 1 fully saturated rings. The van der Waals surface area contributed by atoms with Gasteiger partial charge in [-0.1, -0.05) is 11.6 Å². The molecule has 0 N–H and O–H groups in total. The van der Waals surface area contributed by atoms with Gasteiger partial charge in [0.1, 0.15) is 5.60 Å². The minimum atomic E-state index is -0.504. The van der Waals surface area contributed by atoms with E-state index in [-0.39, 0.29) is 18.2 Å². The van der Waals surface area contributed by atoms with E-state index in [1.54, 1.807) is 21.9 Å². The molecule has 0 bridgehead atoms. The van der Waals surface area contributed by atoms with E-state index in [0.29, 0.717) is 36.6 Å². The molecule has 24 heavy (non-hydrogen) atoms. The fraction of sp³-hybridized carbons (Fsp3) is 0.529. The number of fused-ring (bicyclic) bond motifs is 1. The number of hydrogen-bond acceptors (Lipinski definition) is 3. The molecule has 3 rings (SSSR count). The molecule has 0 spiro atoms. The molecule has 0 atom stereocenters. The van der Waals surface area contributed by atoms with Crippen LogP contribution in [0.5, 0.6) is 0 Å². The molecule has 1 radical (unpaired) electrons. The zero-order chi connectivity index (χ0) is 17.5. The van der Waals surface area contributed by atoms with E-state index >= 15 is 0 Å². The molecule has 1 saturated heterocycles. The maximum atomic E-state index is 12.3. The first-order valence-electron chi connectivity index (χ1n) is 8.07. The quantitative estimate of drug-likeness (QED) is 0.771. The highest BCUT2D eigenvalue weighted by molar-refractivity contribution is 6.31. The van der Waals surface area contributed by atoms with Crippen LogP contribution < -0.4 is 10.2 Å². The predicted molar refractivity (Wildman–Crippen MR) is 92.0 cm³/mol. The Morgan fingerprint density at radius 3 is 2.58 bits per heavy atom. The Labute approximate surface area is 146 Å². The summed E-state index contributed by atoms with van der Waals surface area (Å²) in [5.41, 5.74) is 0.901. The number of benzene rings is 1. The van der Waals surface area contributed by atoms with E-state index in [9.17, 15) is 9.59 Å². The molecule has 129 valence electrons. The number of rotatable bonds is 1. The average molecular weight is 351 g/mol. The molecular formula is C17H21ClN3O3. The third-order valence-corrected chi connectivity index (χ3v) is 4.34. The number of likely N-dealkylation sites (tertiary alicyclic amines) is 1. The van der Waals surface area contributed by atoms with Crippen LogP contribution in [0, 0.1) is 0 Å². The van der Waals surface area contributed by atoms with E-state index in [0.717, 1.165) is 5.69 Å². The minimum absolute atomic E-state index is 0.0300. The van der Waals surface area contributed by atoms with E-state index < -0.39 is 5.60 Å². The zero-order valence-corrected chi connectivity index (χ0v) is 14.8. The second-order valence-corrected chi connectivity index (χ2v) is 7.53. The van der Waals surface area contributed by atoms with Crippen LogP contribution in [0.3, 0.4) is 0 Å². The van der Waals surface area contributed by atoms with Crippen LogP contribution in [-0.4, -0.2) is 41.8 Å². The molecule has 1 aromatic rings. The smallest absolute Gasteiger partial charge is 0.410 e. The maximum absolute atomic E-state index is 12.3. The van der Waals surface area contributed by atoms with Crippen molar-refractivity contribution >= 4 is 35.1 Å². The van der Waals surface area contributed by atoms with Gasteiger partial charge in [-0.2, -0.15) is 5.32 Å². The number of carbonyl (C=O) groups is 2. The molecule has 0 unspecified atom stereocenters. The lowest BCUT2D eigenvalue weighted by molar-refractivity contribution is 0.0206. The van der Waals surface area contributed by atoms with Crippen LogP contribution in [0.4, 0.5) is 21.0 Å². The Bertz CT molecular complexity index is 664. The van der Waals surface area contributed by atoms with Crippen LogP contribution in [0.2, 0.25) is 5.02 Å². The monoisotopic (exact) mass is 350 g/mol. The molecule has 7 heteroatoms. The lowest BCUT2D eigenvalue weighted by Gasteiger charge is -2.36. The van der Waals surface area contributed by atoms with Crippen LogP contribution >= 0.6 is 11.6 Å². The first-order valence-corrected chi connectivity index (χ1v) is 8.45. The predicted octanol–water partition coefficient (Wildman–Crippen LogP) is 3.92. The number of anilines is 1. The van der Waals surface area contributed by atoms with Crippen molar-refractivity contribution in [3.05, 3.63) is 23.2 Å². The van der Waals surface area contributed by atoms with Gasteiger partial charge in [-0.3, -0.25) is 4.90 Å². The van der Waals surface area contributed by atoms with Gasteiger partial charge in [0.05, 0.1) is 11.4 Å². The number of ether oxygens (including phenoxy) is 1. The summed E-state index contributed by atoms with van der Waals surface area (Å²) in [7, 11) is 0. The Balaban J connectivity index is 1.66. The van der Waals surface area contributed by atoms with Crippen molar-refractivity contribution in [2.75, 3.05) is 18.0 Å². The third kappa shape index (κ3) is 3.43. The minimum Gasteiger partial charge on any atom is -0.444 e. The molecule has 0 aliphatic carbocycles. The number of hydrogen-bond donors (Lipinski definition) is 0. The summed E-state index contributed by atoms with van der Waals surface area (Å²) in [5, 5.41) is 4.63. The first kappa shape index (κ1) is 16.9. The first-order chi connectivity index (χ1) is 11.2. The second kappa shape index (κ2) is 6.16. The normalized spacial score (nSPS) is 18.4. The van der Waals surface area contributed by atoms with E-state index in [1.165, 1.54) is 0 Å². The highest BCUT2D eigenvalue weighted by Gasteiger charge is 2.37. The van der Waals surface area contributed by atoms with Crippen molar-refractivity contribution in [3.63, 3.8) is 0 Å². The van der Waals surface area contributed by atoms with Crippen molar-refractivity contribution in [2.24, 2.45) is 0 Å². The fourth-order valence-electron chi connectivity index (χ4n) is 3.04. The Morgan fingerprint density at radius 2 is 1.96 bits per heavy atom. The topological polar surface area (TPSA) is 64.0 Å². The molecule has 3 amide bonds. The Hall–Kier alpha value is -1.95. The number of urea groups is 1. The van der Waals surface area contributed by atoms with Crippen molar-refractivity contribution < 1.29 is 14.3 Å². The number of halogens is 1. The van der Waals surface area contributed by atoms with Crippen molar-refractivity contribution in [1.29, 1.82) is 0 Å². The van der Waals surface area contributed by atoms with E-state index in [1.807, 2.05) is 26.8 Å². The number of carbonyl (C=O) groups excluding carboxylic acids is 2. The molecule has 0 saturated carbocycles. The summed E-state index contributed by atoms with van der Waals surface area (Å²) in [6, 6.07) is 5.05. The third-order valence-electron chi connectivity index (χ3n) is 4.10. The largest absolute Gasteiger partial charge is 0.444 e.